The minimum absolute atomic E-state index is 1.19. The summed E-state index contributed by atoms with van der Waals surface area (Å²) < 4.78 is 0. The van der Waals surface area contributed by atoms with E-state index in [1.807, 2.05) is 0 Å². The second kappa shape index (κ2) is 4.97. The van der Waals surface area contributed by atoms with E-state index in [0.717, 1.165) is 0 Å². The summed E-state index contributed by atoms with van der Waals surface area (Å²) in [5.41, 5.74) is 7.48. The molecule has 0 bridgehead atoms. The Balaban J connectivity index is 1.55. The summed E-state index contributed by atoms with van der Waals surface area (Å²) in [6.45, 7) is 2.14. The molecule has 0 N–H and O–H groups in total. The third kappa shape index (κ3) is 2.48. The van der Waals surface area contributed by atoms with Crippen molar-refractivity contribution in [3.63, 3.8) is 0 Å². The molecule has 0 atom stereocenters. The van der Waals surface area contributed by atoms with Crippen LogP contribution in [-0.4, -0.2) is 0 Å². The molecule has 0 aromatic heterocycles. The Hall–Kier alpha value is -1.56. The molecule has 1 aliphatic carbocycles. The van der Waals surface area contributed by atoms with Crippen LogP contribution in [0.2, 0.25) is 0 Å². The molecule has 0 fully saturated rings. The van der Waals surface area contributed by atoms with E-state index >= 15 is 0 Å². The van der Waals surface area contributed by atoms with Crippen LogP contribution in [0.3, 0.4) is 0 Å². The van der Waals surface area contributed by atoms with Crippen molar-refractivity contribution in [3.05, 3.63) is 70.3 Å². The lowest BCUT2D eigenvalue weighted by Crippen LogP contribution is -2.08. The second-order valence-corrected chi connectivity index (χ2v) is 5.44. The molecule has 0 radical (unpaired) electrons. The fourth-order valence-electron chi connectivity index (χ4n) is 2.66. The van der Waals surface area contributed by atoms with Gasteiger partial charge in [-0.1, -0.05) is 48.0 Å². The Labute approximate surface area is 110 Å². The highest BCUT2D eigenvalue weighted by Gasteiger charge is 2.12. The molecule has 18 heavy (non-hydrogen) atoms. The minimum Gasteiger partial charge on any atom is -0.0591 e. The molecular formula is C18H20. The van der Waals surface area contributed by atoms with Crippen LogP contribution in [0.4, 0.5) is 0 Å². The molecule has 0 aliphatic heterocycles. The smallest absolute Gasteiger partial charge is 0.0235 e. The molecule has 0 heterocycles. The predicted molar refractivity (Wildman–Crippen MR) is 77.1 cm³/mol. The van der Waals surface area contributed by atoms with E-state index in [9.17, 15) is 0 Å². The number of rotatable bonds is 4. The van der Waals surface area contributed by atoms with Crippen LogP contribution < -0.4 is 0 Å². The van der Waals surface area contributed by atoms with Crippen molar-refractivity contribution in [1.82, 2.24) is 0 Å². The van der Waals surface area contributed by atoms with Crippen molar-refractivity contribution in [3.8, 4) is 0 Å². The standard InChI is InChI=1S/C18H20/c1-14-5-7-15(8-6-14)3-2-4-16-9-10-17-11-12-18(17)13-16/h5-10,13H,2-4,11-12H2,1H3. The zero-order valence-electron chi connectivity index (χ0n) is 11.1. The summed E-state index contributed by atoms with van der Waals surface area (Å²) in [6.07, 6.45) is 6.24. The van der Waals surface area contributed by atoms with Crippen LogP contribution in [0.1, 0.15) is 34.2 Å². The Morgan fingerprint density at radius 2 is 1.44 bits per heavy atom. The van der Waals surface area contributed by atoms with Gasteiger partial charge in [0.05, 0.1) is 0 Å². The van der Waals surface area contributed by atoms with Crippen molar-refractivity contribution >= 4 is 0 Å². The van der Waals surface area contributed by atoms with Gasteiger partial charge in [0.2, 0.25) is 0 Å². The number of hydrogen-bond donors (Lipinski definition) is 0. The van der Waals surface area contributed by atoms with E-state index in [2.05, 4.69) is 49.4 Å². The monoisotopic (exact) mass is 236 g/mol. The molecule has 0 saturated heterocycles. The molecule has 2 aromatic carbocycles. The van der Waals surface area contributed by atoms with Gasteiger partial charge in [-0.15, -0.1) is 0 Å². The van der Waals surface area contributed by atoms with Gasteiger partial charge in [0.25, 0.3) is 0 Å². The Morgan fingerprint density at radius 3 is 2.11 bits per heavy atom. The van der Waals surface area contributed by atoms with Crippen molar-refractivity contribution < 1.29 is 0 Å². The zero-order valence-corrected chi connectivity index (χ0v) is 11.1. The molecule has 2 aromatic rings. The van der Waals surface area contributed by atoms with E-state index in [-0.39, 0.29) is 0 Å². The first-order valence-corrected chi connectivity index (χ1v) is 6.97. The topological polar surface area (TPSA) is 0 Å². The van der Waals surface area contributed by atoms with E-state index in [1.54, 1.807) is 11.1 Å². The highest BCUT2D eigenvalue weighted by atomic mass is 14.2. The normalized spacial score (nSPS) is 12.9. The van der Waals surface area contributed by atoms with E-state index in [1.165, 1.54) is 48.8 Å². The van der Waals surface area contributed by atoms with Crippen LogP contribution in [0.15, 0.2) is 42.5 Å². The molecule has 1 aliphatic rings. The lowest BCUT2D eigenvalue weighted by atomic mass is 9.86. The average Bonchev–Trinajstić information content (AvgIpc) is 2.35. The van der Waals surface area contributed by atoms with Gasteiger partial charge in [-0.2, -0.15) is 0 Å². The lowest BCUT2D eigenvalue weighted by Gasteiger charge is -2.19. The highest BCUT2D eigenvalue weighted by Crippen LogP contribution is 2.24. The molecule has 0 heteroatoms. The van der Waals surface area contributed by atoms with Gasteiger partial charge < -0.3 is 0 Å². The van der Waals surface area contributed by atoms with Gasteiger partial charge in [-0.3, -0.25) is 0 Å². The molecule has 0 saturated carbocycles. The maximum absolute atomic E-state index is 2.41. The Morgan fingerprint density at radius 1 is 0.778 bits per heavy atom. The molecule has 3 rings (SSSR count). The summed E-state index contributed by atoms with van der Waals surface area (Å²) >= 11 is 0. The van der Waals surface area contributed by atoms with Crippen molar-refractivity contribution in [2.24, 2.45) is 0 Å². The Bertz CT molecular complexity index is 534. The fraction of sp³-hybridized carbons (Fsp3) is 0.333. The summed E-state index contributed by atoms with van der Waals surface area (Å²) in [4.78, 5) is 0. The van der Waals surface area contributed by atoms with E-state index in [0.29, 0.717) is 0 Å². The fourth-order valence-corrected chi connectivity index (χ4v) is 2.66. The third-order valence-corrected chi connectivity index (χ3v) is 3.99. The minimum atomic E-state index is 1.19. The number of benzene rings is 2. The lowest BCUT2D eigenvalue weighted by molar-refractivity contribution is 0.798. The van der Waals surface area contributed by atoms with Crippen molar-refractivity contribution in [1.29, 1.82) is 0 Å². The molecule has 0 spiro atoms. The summed E-state index contributed by atoms with van der Waals surface area (Å²) in [5.74, 6) is 0. The predicted octanol–water partition coefficient (Wildman–Crippen LogP) is 4.27. The van der Waals surface area contributed by atoms with Gasteiger partial charge in [0.1, 0.15) is 0 Å². The number of fused-ring (bicyclic) bond motifs is 1. The Kier molecular flexibility index (Phi) is 3.19. The summed E-state index contributed by atoms with van der Waals surface area (Å²) in [6, 6.07) is 16.0. The van der Waals surface area contributed by atoms with Crippen LogP contribution in [0, 0.1) is 6.92 Å². The second-order valence-electron chi connectivity index (χ2n) is 5.44. The van der Waals surface area contributed by atoms with Gasteiger partial charge in [0.15, 0.2) is 0 Å². The molecule has 92 valence electrons. The first-order valence-electron chi connectivity index (χ1n) is 6.97. The van der Waals surface area contributed by atoms with Crippen LogP contribution in [0.25, 0.3) is 0 Å². The average molecular weight is 236 g/mol. The maximum atomic E-state index is 2.41. The van der Waals surface area contributed by atoms with Gasteiger partial charge in [0, 0.05) is 0 Å². The van der Waals surface area contributed by atoms with Crippen LogP contribution in [0.5, 0.6) is 0 Å². The first-order chi connectivity index (χ1) is 8.81. The number of aryl methyl sites for hydroxylation is 5. The zero-order chi connectivity index (χ0) is 12.4. The quantitative estimate of drug-likeness (QED) is 0.743. The SMILES string of the molecule is Cc1ccc(CCCc2ccc3c(c2)CC3)cc1. The van der Waals surface area contributed by atoms with Crippen molar-refractivity contribution in [2.75, 3.05) is 0 Å². The summed E-state index contributed by atoms with van der Waals surface area (Å²) in [5, 5.41) is 0. The van der Waals surface area contributed by atoms with Crippen LogP contribution >= 0.6 is 0 Å². The molecule has 0 nitrogen and oxygen atoms in total. The van der Waals surface area contributed by atoms with Gasteiger partial charge >= 0.3 is 0 Å². The summed E-state index contributed by atoms with van der Waals surface area (Å²) in [7, 11) is 0. The third-order valence-electron chi connectivity index (χ3n) is 3.99. The maximum Gasteiger partial charge on any atom is -0.0235 e. The van der Waals surface area contributed by atoms with Crippen LogP contribution in [-0.2, 0) is 25.7 Å². The first kappa shape index (κ1) is 11.5. The van der Waals surface area contributed by atoms with E-state index in [4.69, 9.17) is 0 Å². The number of hydrogen-bond acceptors (Lipinski definition) is 0. The highest BCUT2D eigenvalue weighted by molar-refractivity contribution is 5.38. The molecule has 0 amide bonds. The largest absolute Gasteiger partial charge is 0.0591 e. The van der Waals surface area contributed by atoms with Gasteiger partial charge in [-0.05, 0) is 61.3 Å². The van der Waals surface area contributed by atoms with Gasteiger partial charge in [-0.25, -0.2) is 0 Å². The molecule has 0 unspecified atom stereocenters. The van der Waals surface area contributed by atoms with Crippen molar-refractivity contribution in [2.45, 2.75) is 39.0 Å². The molecular weight excluding hydrogens is 216 g/mol. The van der Waals surface area contributed by atoms with E-state index < -0.39 is 0 Å².